The number of rotatable bonds is 4. The van der Waals surface area contributed by atoms with Crippen molar-refractivity contribution < 1.29 is 13.9 Å². The van der Waals surface area contributed by atoms with Gasteiger partial charge in [-0.15, -0.1) is 0 Å². The van der Waals surface area contributed by atoms with Gasteiger partial charge in [0, 0.05) is 11.3 Å². The van der Waals surface area contributed by atoms with Crippen LogP contribution in [-0.4, -0.2) is 5.97 Å². The van der Waals surface area contributed by atoms with Gasteiger partial charge in [-0.3, -0.25) is 4.79 Å². The summed E-state index contributed by atoms with van der Waals surface area (Å²) in [6, 6.07) is 11.3. The van der Waals surface area contributed by atoms with Crippen LogP contribution in [-0.2, 0) is 22.6 Å². The van der Waals surface area contributed by atoms with Crippen LogP contribution < -0.4 is 5.73 Å². The smallest absolute Gasteiger partial charge is 0.310 e. The third-order valence-electron chi connectivity index (χ3n) is 2.74. The first-order valence-electron chi connectivity index (χ1n) is 5.99. The van der Waals surface area contributed by atoms with Crippen LogP contribution in [0.3, 0.4) is 0 Å². The molecule has 0 spiro atoms. The summed E-state index contributed by atoms with van der Waals surface area (Å²) in [5, 5.41) is 0.238. The zero-order valence-corrected chi connectivity index (χ0v) is 11.4. The molecule has 0 aromatic heterocycles. The Bertz CT molecular complexity index is 611. The predicted octanol–water partition coefficient (Wildman–Crippen LogP) is 3.35. The number of carbonyl (C=O) groups excluding carboxylic acids is 1. The molecule has 0 fully saturated rings. The number of anilines is 1. The lowest BCUT2D eigenvalue weighted by Gasteiger charge is -2.08. The highest BCUT2D eigenvalue weighted by Gasteiger charge is 2.10. The van der Waals surface area contributed by atoms with E-state index >= 15 is 0 Å². The molecule has 0 heterocycles. The maximum atomic E-state index is 13.5. The Balaban J connectivity index is 1.96. The summed E-state index contributed by atoms with van der Waals surface area (Å²) >= 11 is 5.85. The van der Waals surface area contributed by atoms with E-state index in [4.69, 9.17) is 22.1 Å². The van der Waals surface area contributed by atoms with Gasteiger partial charge in [0.15, 0.2) is 0 Å². The molecule has 2 aromatic carbocycles. The molecule has 0 saturated carbocycles. The Morgan fingerprint density at radius 3 is 2.70 bits per heavy atom. The van der Waals surface area contributed by atoms with Gasteiger partial charge in [0.2, 0.25) is 0 Å². The summed E-state index contributed by atoms with van der Waals surface area (Å²) in [5.74, 6) is -0.954. The highest BCUT2D eigenvalue weighted by atomic mass is 35.5. The molecule has 0 unspecified atom stereocenters. The second-order valence-electron chi connectivity index (χ2n) is 4.28. The number of hydrogen-bond acceptors (Lipinski definition) is 3. The summed E-state index contributed by atoms with van der Waals surface area (Å²) in [7, 11) is 0. The first-order valence-corrected chi connectivity index (χ1v) is 6.37. The number of hydrogen-bond donors (Lipinski definition) is 1. The molecule has 0 aliphatic heterocycles. The fourth-order valence-electron chi connectivity index (χ4n) is 1.74. The van der Waals surface area contributed by atoms with Gasteiger partial charge in [-0.05, 0) is 29.8 Å². The largest absolute Gasteiger partial charge is 0.460 e. The number of benzene rings is 2. The van der Waals surface area contributed by atoms with E-state index in [1.807, 2.05) is 0 Å². The monoisotopic (exact) mass is 293 g/mol. The summed E-state index contributed by atoms with van der Waals surface area (Å²) in [5.41, 5.74) is 7.12. The summed E-state index contributed by atoms with van der Waals surface area (Å²) < 4.78 is 18.5. The van der Waals surface area contributed by atoms with Crippen molar-refractivity contribution in [3.63, 3.8) is 0 Å². The molecule has 0 aliphatic carbocycles. The quantitative estimate of drug-likeness (QED) is 0.695. The van der Waals surface area contributed by atoms with E-state index in [9.17, 15) is 9.18 Å². The van der Waals surface area contributed by atoms with Gasteiger partial charge in [0.05, 0.1) is 11.4 Å². The Labute approximate surface area is 121 Å². The van der Waals surface area contributed by atoms with Crippen molar-refractivity contribution in [1.29, 1.82) is 0 Å². The predicted molar refractivity (Wildman–Crippen MR) is 75.8 cm³/mol. The fourth-order valence-corrected chi connectivity index (χ4v) is 1.96. The molecule has 20 heavy (non-hydrogen) atoms. The molecule has 0 aliphatic rings. The van der Waals surface area contributed by atoms with Gasteiger partial charge in [0.25, 0.3) is 0 Å². The van der Waals surface area contributed by atoms with Crippen molar-refractivity contribution >= 4 is 23.3 Å². The molecule has 0 atom stereocenters. The lowest BCUT2D eigenvalue weighted by Crippen LogP contribution is -2.09. The van der Waals surface area contributed by atoms with Crippen molar-refractivity contribution in [3.8, 4) is 0 Å². The van der Waals surface area contributed by atoms with Crippen LogP contribution in [0.5, 0.6) is 0 Å². The minimum atomic E-state index is -0.491. The van der Waals surface area contributed by atoms with Crippen LogP contribution in [0.1, 0.15) is 11.1 Å². The van der Waals surface area contributed by atoms with E-state index in [1.165, 1.54) is 12.1 Å². The third kappa shape index (κ3) is 3.71. The van der Waals surface area contributed by atoms with Crippen LogP contribution in [0.4, 0.5) is 10.1 Å². The molecule has 0 saturated heterocycles. The van der Waals surface area contributed by atoms with Gasteiger partial charge in [0.1, 0.15) is 12.4 Å². The maximum absolute atomic E-state index is 13.5. The molecule has 5 heteroatoms. The van der Waals surface area contributed by atoms with Gasteiger partial charge < -0.3 is 10.5 Å². The molecule has 2 rings (SSSR count). The van der Waals surface area contributed by atoms with Crippen molar-refractivity contribution in [3.05, 3.63) is 64.4 Å². The molecule has 3 nitrogen and oxygen atoms in total. The Hall–Kier alpha value is -2.07. The summed E-state index contributed by atoms with van der Waals surface area (Å²) in [4.78, 5) is 11.7. The van der Waals surface area contributed by atoms with Gasteiger partial charge in [-0.2, -0.15) is 0 Å². The third-order valence-corrected chi connectivity index (χ3v) is 3.09. The number of nitrogens with two attached hydrogens (primary N) is 1. The summed E-state index contributed by atoms with van der Waals surface area (Å²) in [6.07, 6.45) is 0.0805. The number of carbonyl (C=O) groups is 1. The van der Waals surface area contributed by atoms with Gasteiger partial charge >= 0.3 is 5.97 Å². The van der Waals surface area contributed by atoms with Gasteiger partial charge in [-0.1, -0.05) is 29.8 Å². The minimum Gasteiger partial charge on any atom is -0.460 e. The Morgan fingerprint density at radius 1 is 1.25 bits per heavy atom. The molecule has 2 N–H and O–H groups in total. The SMILES string of the molecule is Nc1cccc(CC(=O)OCc2c(F)cccc2Cl)c1. The maximum Gasteiger partial charge on any atom is 0.310 e. The lowest BCUT2D eigenvalue weighted by molar-refractivity contribution is -0.144. The van der Waals surface area contributed by atoms with Crippen LogP contribution in [0.2, 0.25) is 5.02 Å². The van der Waals surface area contributed by atoms with Gasteiger partial charge in [-0.25, -0.2) is 4.39 Å². The molecule has 0 radical (unpaired) electrons. The average molecular weight is 294 g/mol. The van der Waals surface area contributed by atoms with Crippen LogP contribution >= 0.6 is 11.6 Å². The van der Waals surface area contributed by atoms with E-state index in [-0.39, 0.29) is 23.6 Å². The normalized spacial score (nSPS) is 10.3. The Morgan fingerprint density at radius 2 is 2.00 bits per heavy atom. The molecule has 104 valence electrons. The van der Waals surface area contributed by atoms with Crippen molar-refractivity contribution in [2.45, 2.75) is 13.0 Å². The molecular weight excluding hydrogens is 281 g/mol. The zero-order valence-electron chi connectivity index (χ0n) is 10.6. The molecule has 0 bridgehead atoms. The lowest BCUT2D eigenvalue weighted by atomic mass is 10.1. The minimum absolute atomic E-state index is 0.0805. The van der Waals surface area contributed by atoms with Crippen molar-refractivity contribution in [1.82, 2.24) is 0 Å². The van der Waals surface area contributed by atoms with Crippen LogP contribution in [0.25, 0.3) is 0 Å². The van der Waals surface area contributed by atoms with E-state index < -0.39 is 11.8 Å². The zero-order chi connectivity index (χ0) is 14.5. The highest BCUT2D eigenvalue weighted by Crippen LogP contribution is 2.20. The number of esters is 1. The van der Waals surface area contributed by atoms with E-state index in [0.29, 0.717) is 5.69 Å². The molecule has 2 aromatic rings. The second kappa shape index (κ2) is 6.39. The fraction of sp³-hybridized carbons (Fsp3) is 0.133. The molecule has 0 amide bonds. The topological polar surface area (TPSA) is 52.3 Å². The van der Waals surface area contributed by atoms with E-state index in [1.54, 1.807) is 30.3 Å². The average Bonchev–Trinajstić information content (AvgIpc) is 2.38. The number of halogens is 2. The highest BCUT2D eigenvalue weighted by molar-refractivity contribution is 6.31. The van der Waals surface area contributed by atoms with Crippen molar-refractivity contribution in [2.24, 2.45) is 0 Å². The summed E-state index contributed by atoms with van der Waals surface area (Å²) in [6.45, 7) is -0.188. The second-order valence-corrected chi connectivity index (χ2v) is 4.69. The van der Waals surface area contributed by atoms with Crippen LogP contribution in [0.15, 0.2) is 42.5 Å². The van der Waals surface area contributed by atoms with E-state index in [0.717, 1.165) is 5.56 Å². The standard InChI is InChI=1S/C15H13ClFNO2/c16-13-5-2-6-14(17)12(13)9-20-15(19)8-10-3-1-4-11(18)7-10/h1-7H,8-9,18H2. The van der Waals surface area contributed by atoms with E-state index in [2.05, 4.69) is 0 Å². The van der Waals surface area contributed by atoms with Crippen LogP contribution in [0, 0.1) is 5.82 Å². The first kappa shape index (κ1) is 14.3. The number of ether oxygens (including phenoxy) is 1. The number of nitrogen functional groups attached to an aromatic ring is 1. The first-order chi connectivity index (χ1) is 9.56. The molecular formula is C15H13ClFNO2. The Kier molecular flexibility index (Phi) is 4.58. The van der Waals surface area contributed by atoms with Crippen molar-refractivity contribution in [2.75, 3.05) is 5.73 Å².